The molecule has 39 heavy (non-hydrogen) atoms. The lowest BCUT2D eigenvalue weighted by molar-refractivity contribution is -0.404. The van der Waals surface area contributed by atoms with Gasteiger partial charge in [0.05, 0.1) is 21.2 Å². The maximum atomic E-state index is 10.7. The minimum Gasteiger partial charge on any atom is -0.381 e. The first kappa shape index (κ1) is 37.9. The van der Waals surface area contributed by atoms with E-state index in [0.717, 1.165) is 36.4 Å². The van der Waals surface area contributed by atoms with Crippen LogP contribution >= 0.6 is 23.2 Å². The Balaban J connectivity index is 0. The first-order valence-electron chi connectivity index (χ1n) is 11.9. The highest BCUT2D eigenvalue weighted by Crippen LogP contribution is 2.23. The van der Waals surface area contributed by atoms with Gasteiger partial charge in [0.15, 0.2) is 0 Å². The zero-order chi connectivity index (χ0) is 28.0. The molecule has 0 bridgehead atoms. The van der Waals surface area contributed by atoms with E-state index in [-0.39, 0.29) is 32.9 Å². The van der Waals surface area contributed by atoms with Gasteiger partial charge in [-0.05, 0) is 49.9 Å². The lowest BCUT2D eigenvalue weighted by Crippen LogP contribution is -2.28. The van der Waals surface area contributed by atoms with Gasteiger partial charge in [-0.25, -0.2) is 9.97 Å². The van der Waals surface area contributed by atoms with Gasteiger partial charge in [-0.15, -0.1) is 0 Å². The van der Waals surface area contributed by atoms with Crippen LogP contribution in [0, 0.1) is 20.2 Å². The van der Waals surface area contributed by atoms with Crippen LogP contribution in [0.1, 0.15) is 79.4 Å². The Labute approximate surface area is 242 Å². The topological polar surface area (TPSA) is 136 Å². The van der Waals surface area contributed by atoms with Gasteiger partial charge < -0.3 is 10.6 Å². The van der Waals surface area contributed by atoms with Crippen LogP contribution in [0.15, 0.2) is 60.5 Å². The molecule has 0 amide bonds. The van der Waals surface area contributed by atoms with Gasteiger partial charge in [-0.1, -0.05) is 71.0 Å². The molecule has 12 heteroatoms. The molecule has 2 aromatic heterocycles. The molecule has 0 aliphatic carbocycles. The number of nitro groups is 2. The molecule has 0 saturated carbocycles. The largest absolute Gasteiger partial charge is 0.381 e. The summed E-state index contributed by atoms with van der Waals surface area (Å²) >= 11 is 11.4. The zero-order valence-electron chi connectivity index (χ0n) is 21.6. The number of hydrogen-bond acceptors (Lipinski definition) is 8. The summed E-state index contributed by atoms with van der Waals surface area (Å²) in [7, 11) is 0. The van der Waals surface area contributed by atoms with Gasteiger partial charge in [0.2, 0.25) is 0 Å². The first-order chi connectivity index (χ1) is 17.4. The zero-order valence-corrected chi connectivity index (χ0v) is 23.2. The van der Waals surface area contributed by atoms with Crippen LogP contribution in [0.2, 0.25) is 10.3 Å². The highest BCUT2D eigenvalue weighted by Gasteiger charge is 2.17. The van der Waals surface area contributed by atoms with E-state index in [1.807, 2.05) is 40.7 Å². The van der Waals surface area contributed by atoms with Gasteiger partial charge in [-0.3, -0.25) is 20.2 Å². The third-order valence-corrected chi connectivity index (χ3v) is 5.92. The molecular weight excluding hydrogens is 543 g/mol. The summed E-state index contributed by atoms with van der Waals surface area (Å²) in [4.78, 5) is 28.4. The van der Waals surface area contributed by atoms with Crippen LogP contribution in [0.4, 0.5) is 0 Å². The van der Waals surface area contributed by atoms with Crippen molar-refractivity contribution in [2.45, 2.75) is 86.7 Å². The quantitative estimate of drug-likeness (QED) is 0.149. The Morgan fingerprint density at radius 1 is 0.872 bits per heavy atom. The number of pyridine rings is 2. The molecule has 2 heterocycles. The van der Waals surface area contributed by atoms with Crippen molar-refractivity contribution in [3.63, 3.8) is 0 Å². The molecule has 218 valence electrons. The number of rotatable bonds is 12. The third kappa shape index (κ3) is 15.7. The number of halogens is 2. The molecule has 0 fully saturated rings. The van der Waals surface area contributed by atoms with Crippen LogP contribution in [-0.4, -0.2) is 31.9 Å². The summed E-state index contributed by atoms with van der Waals surface area (Å²) in [5.74, 6) is -0.135. The Morgan fingerprint density at radius 3 is 1.82 bits per heavy atom. The summed E-state index contributed by atoms with van der Waals surface area (Å²) in [6.07, 6.45) is 7.50. The van der Waals surface area contributed by atoms with E-state index < -0.39 is 9.85 Å². The van der Waals surface area contributed by atoms with E-state index in [1.165, 1.54) is 0 Å². The molecule has 3 atom stereocenters. The number of nitrogens with one attached hydrogen (secondary N) is 2. The van der Waals surface area contributed by atoms with Crippen molar-refractivity contribution in [1.82, 2.24) is 20.6 Å². The van der Waals surface area contributed by atoms with Gasteiger partial charge in [0.1, 0.15) is 10.3 Å². The van der Waals surface area contributed by atoms with Crippen LogP contribution in [0.3, 0.4) is 0 Å². The molecule has 3 unspecified atom stereocenters. The molecule has 10 nitrogen and oxygen atoms in total. The highest BCUT2D eigenvalue weighted by molar-refractivity contribution is 6.29. The minimum atomic E-state index is -0.450. The van der Waals surface area contributed by atoms with Crippen molar-refractivity contribution in [1.29, 1.82) is 0 Å². The molecule has 0 aromatic carbocycles. The SMILES string of the molecule is C.C.CCC(C)N/C(=C\[N+](=O)[O-])C(C)c1ccc(Cl)nc1.CCC(C)N/C(=C\[N+](=O)[O-])Cc1ccc(Cl)nc1. The summed E-state index contributed by atoms with van der Waals surface area (Å²) in [5, 5.41) is 28.4. The Morgan fingerprint density at radius 2 is 1.38 bits per heavy atom. The van der Waals surface area contributed by atoms with Crippen molar-refractivity contribution in [2.75, 3.05) is 0 Å². The maximum Gasteiger partial charge on any atom is 0.253 e. The summed E-state index contributed by atoms with van der Waals surface area (Å²) in [5.41, 5.74) is 2.90. The van der Waals surface area contributed by atoms with Crippen molar-refractivity contribution < 1.29 is 9.85 Å². The van der Waals surface area contributed by atoms with E-state index in [0.29, 0.717) is 28.1 Å². The fourth-order valence-electron chi connectivity index (χ4n) is 3.01. The molecule has 0 spiro atoms. The van der Waals surface area contributed by atoms with E-state index in [9.17, 15) is 20.2 Å². The highest BCUT2D eigenvalue weighted by atomic mass is 35.5. The summed E-state index contributed by atoms with van der Waals surface area (Å²) in [6.45, 7) is 9.91. The van der Waals surface area contributed by atoms with Gasteiger partial charge in [0, 0.05) is 36.8 Å². The fraction of sp³-hybridized carbons (Fsp3) is 0.481. The Bertz CT molecular complexity index is 1060. The molecule has 0 aliphatic rings. The second-order valence-corrected chi connectivity index (χ2v) is 9.29. The number of allylic oxidation sites excluding steroid dienone is 2. The van der Waals surface area contributed by atoms with E-state index in [4.69, 9.17) is 23.2 Å². The fourth-order valence-corrected chi connectivity index (χ4v) is 3.23. The number of hydrogen-bond donors (Lipinski definition) is 2. The predicted octanol–water partition coefficient (Wildman–Crippen LogP) is 7.40. The molecule has 2 rings (SSSR count). The molecule has 0 radical (unpaired) electrons. The molecule has 0 aliphatic heterocycles. The molecule has 2 aromatic rings. The smallest absolute Gasteiger partial charge is 0.253 e. The second-order valence-electron chi connectivity index (χ2n) is 8.52. The van der Waals surface area contributed by atoms with Crippen molar-refractivity contribution in [3.05, 3.63) is 102 Å². The maximum absolute atomic E-state index is 10.7. The van der Waals surface area contributed by atoms with E-state index in [2.05, 4.69) is 20.6 Å². The lowest BCUT2D eigenvalue weighted by atomic mass is 9.99. The van der Waals surface area contributed by atoms with Crippen molar-refractivity contribution >= 4 is 23.2 Å². The predicted molar refractivity (Wildman–Crippen MR) is 160 cm³/mol. The van der Waals surface area contributed by atoms with E-state index in [1.54, 1.807) is 30.6 Å². The standard InChI is InChI=1S/C13H18ClN3O2.C12H16ClN3O2.2CH4/c1-4-9(2)16-12(8-17(18)19)10(3)11-5-6-13(14)15-7-11;1-3-9(2)15-11(8-16(17)18)6-10-4-5-12(13)14-7-10;;/h5-10,16H,4H2,1-3H3;4-5,7-9,15H,3,6H2,1-2H3;2*1H4/b12-8-;11-8-;;. The van der Waals surface area contributed by atoms with Crippen molar-refractivity contribution in [3.8, 4) is 0 Å². The van der Waals surface area contributed by atoms with Crippen LogP contribution in [0.5, 0.6) is 0 Å². The van der Waals surface area contributed by atoms with Gasteiger partial charge in [-0.2, -0.15) is 0 Å². The summed E-state index contributed by atoms with van der Waals surface area (Å²) < 4.78 is 0. The molecule has 0 saturated heterocycles. The van der Waals surface area contributed by atoms with Crippen molar-refractivity contribution in [2.24, 2.45) is 0 Å². The average Bonchev–Trinajstić information content (AvgIpc) is 2.84. The van der Waals surface area contributed by atoms with E-state index >= 15 is 0 Å². The van der Waals surface area contributed by atoms with Crippen LogP contribution < -0.4 is 10.6 Å². The van der Waals surface area contributed by atoms with Gasteiger partial charge in [0.25, 0.3) is 12.4 Å². The minimum absolute atomic E-state index is 0. The van der Waals surface area contributed by atoms with Crippen LogP contribution in [0.25, 0.3) is 0 Å². The first-order valence-corrected chi connectivity index (χ1v) is 12.6. The Kier molecular flexibility index (Phi) is 19.2. The molecule has 2 N–H and O–H groups in total. The van der Waals surface area contributed by atoms with Gasteiger partial charge >= 0.3 is 0 Å². The number of nitrogens with zero attached hydrogens (tertiary/aromatic N) is 4. The van der Waals surface area contributed by atoms with Crippen LogP contribution in [-0.2, 0) is 6.42 Å². The monoisotopic (exact) mass is 584 g/mol. The summed E-state index contributed by atoms with van der Waals surface area (Å²) in [6, 6.07) is 7.35. The lowest BCUT2D eigenvalue weighted by Gasteiger charge is -2.20. The molecular formula is C27H42Cl2N6O4. The third-order valence-electron chi connectivity index (χ3n) is 5.48. The number of aromatic nitrogens is 2. The Hall–Kier alpha value is -3.24. The normalized spacial score (nSPS) is 13.3. The second kappa shape index (κ2) is 19.8. The average molecular weight is 586 g/mol.